The van der Waals surface area contributed by atoms with Gasteiger partial charge in [-0.05, 0) is 44.0 Å². The van der Waals surface area contributed by atoms with Gasteiger partial charge in [0, 0.05) is 5.56 Å². The maximum atomic E-state index is 12.8. The lowest BCUT2D eigenvalue weighted by Crippen LogP contribution is -2.47. The van der Waals surface area contributed by atoms with Crippen LogP contribution in [0.3, 0.4) is 0 Å². The minimum Gasteiger partial charge on any atom is -0.462 e. The molecule has 0 bridgehead atoms. The van der Waals surface area contributed by atoms with Crippen LogP contribution in [0.25, 0.3) is 11.3 Å². The van der Waals surface area contributed by atoms with Gasteiger partial charge in [-0.15, -0.1) is 0 Å². The van der Waals surface area contributed by atoms with Gasteiger partial charge in [0.05, 0.1) is 30.8 Å². The molecule has 2 rings (SSSR count). The van der Waals surface area contributed by atoms with E-state index < -0.39 is 23.8 Å². The van der Waals surface area contributed by atoms with Crippen molar-refractivity contribution in [2.45, 2.75) is 58.9 Å². The van der Waals surface area contributed by atoms with E-state index in [1.165, 1.54) is 6.07 Å². The molecule has 1 heterocycles. The minimum atomic E-state index is -0.655. The first kappa shape index (κ1) is 28.6. The van der Waals surface area contributed by atoms with Gasteiger partial charge in [0.15, 0.2) is 5.76 Å². The number of furan rings is 1. The van der Waals surface area contributed by atoms with E-state index in [1.807, 2.05) is 6.92 Å². The minimum absolute atomic E-state index is 0.0575. The summed E-state index contributed by atoms with van der Waals surface area (Å²) in [5.41, 5.74) is 1.09. The van der Waals surface area contributed by atoms with Gasteiger partial charge in [0.1, 0.15) is 5.76 Å². The van der Waals surface area contributed by atoms with Crippen LogP contribution in [-0.4, -0.2) is 53.8 Å². The summed E-state index contributed by atoms with van der Waals surface area (Å²) in [6.45, 7) is 5.71. The number of amides is 3. The van der Waals surface area contributed by atoms with Crippen molar-refractivity contribution in [1.29, 1.82) is 0 Å². The first-order valence-electron chi connectivity index (χ1n) is 12.2. The monoisotopic (exact) mass is 501 g/mol. The molecule has 3 N–H and O–H groups in total. The van der Waals surface area contributed by atoms with Gasteiger partial charge >= 0.3 is 5.97 Å². The third-order valence-electron chi connectivity index (χ3n) is 5.81. The molecule has 10 nitrogen and oxygen atoms in total. The van der Waals surface area contributed by atoms with Crippen molar-refractivity contribution in [1.82, 2.24) is 15.7 Å². The Labute approximate surface area is 210 Å². The van der Waals surface area contributed by atoms with Gasteiger partial charge in [-0.1, -0.05) is 45.2 Å². The molecule has 0 radical (unpaired) electrons. The van der Waals surface area contributed by atoms with E-state index in [9.17, 15) is 24.4 Å². The van der Waals surface area contributed by atoms with Crippen LogP contribution in [0, 0.1) is 5.92 Å². The van der Waals surface area contributed by atoms with Crippen LogP contribution in [-0.2, 0) is 14.3 Å². The summed E-state index contributed by atoms with van der Waals surface area (Å²) in [6, 6.07) is 9.11. The second-order valence-corrected chi connectivity index (χ2v) is 8.25. The molecule has 0 aliphatic heterocycles. The summed E-state index contributed by atoms with van der Waals surface area (Å²) >= 11 is 0. The number of nitrogens with zero attached hydrogens (tertiary/aromatic N) is 1. The van der Waals surface area contributed by atoms with Gasteiger partial charge in [0.2, 0.25) is 12.3 Å². The molecule has 2 atom stereocenters. The Morgan fingerprint density at radius 1 is 1.06 bits per heavy atom. The standard InChI is InChI=1S/C26H35N3O7/c1-4-7-8-9-20(21(5-2)29(34)17-30)24(31)27-16-28-25(32)23-15-14-22(36-23)18-10-12-19(13-11-18)26(33)35-6-3/h10-15,17,20-21,34H,4-9,16H2,1-3H3,(H,27,31)(H,28,32)/t20?,21-/m1/s1. The quantitative estimate of drug-likeness (QED) is 0.0844. The van der Waals surface area contributed by atoms with E-state index in [0.29, 0.717) is 41.2 Å². The number of hydroxylamine groups is 2. The third-order valence-corrected chi connectivity index (χ3v) is 5.81. The predicted octanol–water partition coefficient (Wildman–Crippen LogP) is 3.75. The highest BCUT2D eigenvalue weighted by Crippen LogP contribution is 2.23. The van der Waals surface area contributed by atoms with Crippen molar-refractivity contribution >= 4 is 24.2 Å². The number of nitrogens with one attached hydrogen (secondary N) is 2. The first-order chi connectivity index (χ1) is 17.4. The van der Waals surface area contributed by atoms with Crippen molar-refractivity contribution in [3.05, 3.63) is 47.7 Å². The van der Waals surface area contributed by atoms with Gasteiger partial charge < -0.3 is 19.8 Å². The van der Waals surface area contributed by atoms with E-state index in [2.05, 4.69) is 10.6 Å². The number of carbonyl (C=O) groups excluding carboxylic acids is 4. The van der Waals surface area contributed by atoms with Crippen LogP contribution in [0.4, 0.5) is 0 Å². The van der Waals surface area contributed by atoms with Crippen molar-refractivity contribution in [2.24, 2.45) is 5.92 Å². The fraction of sp³-hybridized carbons (Fsp3) is 0.462. The number of benzene rings is 1. The molecule has 1 unspecified atom stereocenters. The van der Waals surface area contributed by atoms with E-state index in [0.717, 1.165) is 19.3 Å². The van der Waals surface area contributed by atoms with Gasteiger partial charge in [-0.25, -0.2) is 9.86 Å². The van der Waals surface area contributed by atoms with E-state index in [1.54, 1.807) is 44.2 Å². The Hall–Kier alpha value is -3.66. The van der Waals surface area contributed by atoms with E-state index >= 15 is 0 Å². The molecule has 0 aliphatic rings. The number of hydrogen-bond donors (Lipinski definition) is 3. The zero-order chi connectivity index (χ0) is 26.5. The largest absolute Gasteiger partial charge is 0.462 e. The fourth-order valence-corrected chi connectivity index (χ4v) is 3.88. The number of esters is 1. The molecule has 0 saturated heterocycles. The lowest BCUT2D eigenvalue weighted by Gasteiger charge is -2.29. The van der Waals surface area contributed by atoms with Crippen LogP contribution in [0.1, 0.15) is 73.8 Å². The molecule has 3 amide bonds. The normalized spacial score (nSPS) is 12.3. The van der Waals surface area contributed by atoms with Gasteiger partial charge in [0.25, 0.3) is 5.91 Å². The Kier molecular flexibility index (Phi) is 11.6. The van der Waals surface area contributed by atoms with Crippen molar-refractivity contribution in [3.8, 4) is 11.3 Å². The summed E-state index contributed by atoms with van der Waals surface area (Å²) in [7, 11) is 0. The number of rotatable bonds is 15. The van der Waals surface area contributed by atoms with E-state index in [4.69, 9.17) is 9.15 Å². The molecule has 0 fully saturated rings. The zero-order valence-electron chi connectivity index (χ0n) is 21.0. The zero-order valence-corrected chi connectivity index (χ0v) is 21.0. The van der Waals surface area contributed by atoms with Gasteiger partial charge in [-0.3, -0.25) is 19.6 Å². The summed E-state index contributed by atoms with van der Waals surface area (Å²) in [5, 5.41) is 15.7. The maximum absolute atomic E-state index is 12.8. The van der Waals surface area contributed by atoms with Crippen LogP contribution in [0.15, 0.2) is 40.8 Å². The second kappa shape index (κ2) is 14.7. The van der Waals surface area contributed by atoms with Crippen molar-refractivity contribution in [3.63, 3.8) is 0 Å². The molecule has 0 spiro atoms. The third kappa shape index (κ3) is 7.94. The first-order valence-corrected chi connectivity index (χ1v) is 12.2. The molecule has 196 valence electrons. The van der Waals surface area contributed by atoms with Crippen LogP contribution in [0.2, 0.25) is 0 Å². The molecule has 1 aromatic heterocycles. The fourth-order valence-electron chi connectivity index (χ4n) is 3.88. The van der Waals surface area contributed by atoms with Crippen LogP contribution >= 0.6 is 0 Å². The second-order valence-electron chi connectivity index (χ2n) is 8.25. The summed E-state index contributed by atoms with van der Waals surface area (Å²) in [6.07, 6.45) is 3.89. The summed E-state index contributed by atoms with van der Waals surface area (Å²) in [5.74, 6) is -1.40. The highest BCUT2D eigenvalue weighted by molar-refractivity contribution is 5.92. The SMILES string of the molecule is CCCCCC(C(=O)NCNC(=O)c1ccc(-c2ccc(C(=O)OCC)cc2)o1)[C@@H](CC)N(O)C=O. The average molecular weight is 502 g/mol. The molecule has 0 saturated carbocycles. The highest BCUT2D eigenvalue weighted by atomic mass is 16.5. The number of ether oxygens (including phenoxy) is 1. The Morgan fingerprint density at radius 3 is 2.39 bits per heavy atom. The number of carbonyl (C=O) groups is 4. The predicted molar refractivity (Wildman–Crippen MR) is 132 cm³/mol. The van der Waals surface area contributed by atoms with Crippen LogP contribution < -0.4 is 10.6 Å². The summed E-state index contributed by atoms with van der Waals surface area (Å²) < 4.78 is 10.6. The molecule has 0 aliphatic carbocycles. The summed E-state index contributed by atoms with van der Waals surface area (Å²) in [4.78, 5) is 48.2. The van der Waals surface area contributed by atoms with Crippen LogP contribution in [0.5, 0.6) is 0 Å². The smallest absolute Gasteiger partial charge is 0.338 e. The topological polar surface area (TPSA) is 138 Å². The molecule has 1 aromatic carbocycles. The Balaban J connectivity index is 1.96. The maximum Gasteiger partial charge on any atom is 0.338 e. The average Bonchev–Trinajstić information content (AvgIpc) is 3.38. The Bertz CT molecular complexity index is 1000. The van der Waals surface area contributed by atoms with Crippen molar-refractivity contribution < 1.29 is 33.5 Å². The number of unbranched alkanes of at least 4 members (excludes halogenated alkanes) is 2. The highest BCUT2D eigenvalue weighted by Gasteiger charge is 2.30. The van der Waals surface area contributed by atoms with Crippen molar-refractivity contribution in [2.75, 3.05) is 13.3 Å². The lowest BCUT2D eigenvalue weighted by atomic mass is 9.90. The van der Waals surface area contributed by atoms with E-state index in [-0.39, 0.29) is 24.9 Å². The Morgan fingerprint density at radius 2 is 1.78 bits per heavy atom. The molecule has 2 aromatic rings. The lowest BCUT2D eigenvalue weighted by molar-refractivity contribution is -0.168. The number of hydrogen-bond acceptors (Lipinski definition) is 7. The molecule has 36 heavy (non-hydrogen) atoms. The molecule has 10 heteroatoms. The molecular formula is C26H35N3O7. The van der Waals surface area contributed by atoms with Gasteiger partial charge in [-0.2, -0.15) is 0 Å². The molecular weight excluding hydrogens is 466 g/mol.